The van der Waals surface area contributed by atoms with E-state index in [0.717, 1.165) is 0 Å². The first-order valence-corrected chi connectivity index (χ1v) is 6.34. The molecule has 8 heteroatoms. The molecule has 2 aromatic heterocycles. The third-order valence-electron chi connectivity index (χ3n) is 2.88. The molecular weight excluding hydrogens is 297 g/mol. The summed E-state index contributed by atoms with van der Waals surface area (Å²) in [6.07, 6.45) is -1.99. The molecule has 1 atom stereocenters. The van der Waals surface area contributed by atoms with Crippen LogP contribution in [0.4, 0.5) is 19.0 Å². The van der Waals surface area contributed by atoms with Crippen LogP contribution in [-0.4, -0.2) is 29.1 Å². The van der Waals surface area contributed by atoms with Gasteiger partial charge in [-0.2, -0.15) is 13.2 Å². The Hall–Kier alpha value is -2.64. The van der Waals surface area contributed by atoms with Gasteiger partial charge in [-0.05, 0) is 24.3 Å². The zero-order chi connectivity index (χ0) is 16.2. The summed E-state index contributed by atoms with van der Waals surface area (Å²) in [5, 5.41) is 4.62. The Bertz CT molecular complexity index is 646. The predicted octanol–water partition coefficient (Wildman–Crippen LogP) is 2.55. The van der Waals surface area contributed by atoms with Gasteiger partial charge in [-0.1, -0.05) is 6.07 Å². The fraction of sp³-hybridized carbons (Fsp3) is 0.214. The van der Waals surface area contributed by atoms with Crippen LogP contribution < -0.4 is 10.6 Å². The minimum atomic E-state index is -4.66. The Morgan fingerprint density at radius 1 is 1.14 bits per heavy atom. The van der Waals surface area contributed by atoms with Gasteiger partial charge in [-0.25, -0.2) is 4.98 Å². The molecule has 116 valence electrons. The van der Waals surface area contributed by atoms with Crippen molar-refractivity contribution in [3.8, 4) is 0 Å². The molecule has 2 aromatic rings. The highest BCUT2D eigenvalue weighted by atomic mass is 19.4. The van der Waals surface area contributed by atoms with Gasteiger partial charge >= 0.3 is 6.18 Å². The number of rotatable bonds is 4. The van der Waals surface area contributed by atoms with Gasteiger partial charge in [0, 0.05) is 19.4 Å². The van der Waals surface area contributed by atoms with Crippen LogP contribution in [0.5, 0.6) is 0 Å². The van der Waals surface area contributed by atoms with Gasteiger partial charge in [0.1, 0.15) is 5.82 Å². The Morgan fingerprint density at radius 2 is 1.86 bits per heavy atom. The number of nitrogens with one attached hydrogen (secondary N) is 2. The molecule has 2 rings (SSSR count). The van der Waals surface area contributed by atoms with E-state index in [9.17, 15) is 18.0 Å². The molecule has 0 aliphatic heterocycles. The van der Waals surface area contributed by atoms with Crippen LogP contribution in [0.1, 0.15) is 22.1 Å². The zero-order valence-electron chi connectivity index (χ0n) is 11.6. The Morgan fingerprint density at radius 3 is 2.45 bits per heavy atom. The van der Waals surface area contributed by atoms with Crippen molar-refractivity contribution in [1.82, 2.24) is 15.3 Å². The molecule has 2 N–H and O–H groups in total. The van der Waals surface area contributed by atoms with Crippen molar-refractivity contribution in [1.29, 1.82) is 0 Å². The Labute approximate surface area is 124 Å². The number of pyridine rings is 2. The van der Waals surface area contributed by atoms with Crippen molar-refractivity contribution in [2.45, 2.75) is 12.2 Å². The second-order valence-electron chi connectivity index (χ2n) is 4.35. The average molecular weight is 310 g/mol. The fourth-order valence-corrected chi connectivity index (χ4v) is 1.87. The third-order valence-corrected chi connectivity index (χ3v) is 2.88. The highest BCUT2D eigenvalue weighted by molar-refractivity contribution is 5.98. The average Bonchev–Trinajstić information content (AvgIpc) is 2.52. The quantitative estimate of drug-likeness (QED) is 0.911. The summed E-state index contributed by atoms with van der Waals surface area (Å²) < 4.78 is 39.5. The van der Waals surface area contributed by atoms with E-state index >= 15 is 0 Å². The van der Waals surface area contributed by atoms with Crippen molar-refractivity contribution >= 4 is 11.7 Å². The lowest BCUT2D eigenvalue weighted by atomic mass is 10.1. The minimum absolute atomic E-state index is 0.0233. The number of anilines is 1. The van der Waals surface area contributed by atoms with Crippen molar-refractivity contribution in [3.63, 3.8) is 0 Å². The van der Waals surface area contributed by atoms with E-state index in [1.807, 2.05) is 5.32 Å². The van der Waals surface area contributed by atoms with Gasteiger partial charge in [0.25, 0.3) is 5.91 Å². The smallest absolute Gasteiger partial charge is 0.372 e. The van der Waals surface area contributed by atoms with Gasteiger partial charge in [-0.3, -0.25) is 9.78 Å². The molecule has 0 spiro atoms. The molecule has 0 saturated heterocycles. The summed E-state index contributed by atoms with van der Waals surface area (Å²) in [5.74, 6) is -0.688. The number of amides is 1. The van der Waals surface area contributed by atoms with Crippen LogP contribution in [-0.2, 0) is 0 Å². The van der Waals surface area contributed by atoms with E-state index in [1.54, 1.807) is 0 Å². The SMILES string of the molecule is CNc1ncccc1C(=O)N[C@@H](c1ccccn1)C(F)(F)F. The molecule has 5 nitrogen and oxygen atoms in total. The topological polar surface area (TPSA) is 66.9 Å². The standard InChI is InChI=1S/C14H13F3N4O/c1-18-12-9(5-4-8-20-12)13(22)21-11(14(15,16)17)10-6-2-3-7-19-10/h2-8,11H,1H3,(H,18,20)(H,21,22)/t11-/m0/s1. The van der Waals surface area contributed by atoms with Crippen LogP contribution in [0, 0.1) is 0 Å². The van der Waals surface area contributed by atoms with Crippen molar-refractivity contribution < 1.29 is 18.0 Å². The molecule has 0 saturated carbocycles. The van der Waals surface area contributed by atoms with Crippen molar-refractivity contribution in [2.24, 2.45) is 0 Å². The number of nitrogens with zero attached hydrogens (tertiary/aromatic N) is 2. The third kappa shape index (κ3) is 3.51. The lowest BCUT2D eigenvalue weighted by molar-refractivity contribution is -0.156. The van der Waals surface area contributed by atoms with E-state index in [4.69, 9.17) is 0 Å². The molecule has 0 aliphatic rings. The fourth-order valence-electron chi connectivity index (χ4n) is 1.87. The van der Waals surface area contributed by atoms with E-state index < -0.39 is 18.1 Å². The second-order valence-corrected chi connectivity index (χ2v) is 4.35. The number of hydrogen-bond donors (Lipinski definition) is 2. The zero-order valence-corrected chi connectivity index (χ0v) is 11.6. The van der Waals surface area contributed by atoms with Crippen LogP contribution in [0.3, 0.4) is 0 Å². The van der Waals surface area contributed by atoms with E-state index in [-0.39, 0.29) is 17.1 Å². The Balaban J connectivity index is 2.30. The monoisotopic (exact) mass is 310 g/mol. The molecule has 0 fully saturated rings. The number of halogens is 3. The number of alkyl halides is 3. The molecule has 0 radical (unpaired) electrons. The van der Waals surface area contributed by atoms with E-state index in [1.165, 1.54) is 49.8 Å². The second kappa shape index (κ2) is 6.42. The maximum Gasteiger partial charge on any atom is 0.414 e. The number of carbonyl (C=O) groups excluding carboxylic acids is 1. The molecule has 2 heterocycles. The first kappa shape index (κ1) is 15.7. The summed E-state index contributed by atoms with van der Waals surface area (Å²) in [5.41, 5.74) is -0.256. The summed E-state index contributed by atoms with van der Waals surface area (Å²) >= 11 is 0. The summed E-state index contributed by atoms with van der Waals surface area (Å²) in [6.45, 7) is 0. The first-order chi connectivity index (χ1) is 10.4. The van der Waals surface area contributed by atoms with Gasteiger partial charge in [0.15, 0.2) is 6.04 Å². The van der Waals surface area contributed by atoms with Crippen LogP contribution in [0.2, 0.25) is 0 Å². The molecule has 1 amide bonds. The maximum atomic E-state index is 13.2. The molecular formula is C14H13F3N4O. The summed E-state index contributed by atoms with van der Waals surface area (Å²) in [7, 11) is 1.53. The lowest BCUT2D eigenvalue weighted by Gasteiger charge is -2.21. The maximum absolute atomic E-state index is 13.2. The van der Waals surface area contributed by atoms with Gasteiger partial charge < -0.3 is 10.6 Å². The Kier molecular flexibility index (Phi) is 4.59. The van der Waals surface area contributed by atoms with Crippen LogP contribution in [0.15, 0.2) is 42.7 Å². The van der Waals surface area contributed by atoms with Gasteiger partial charge in [-0.15, -0.1) is 0 Å². The highest BCUT2D eigenvalue weighted by Gasteiger charge is 2.43. The highest BCUT2D eigenvalue weighted by Crippen LogP contribution is 2.32. The summed E-state index contributed by atoms with van der Waals surface area (Å²) in [4.78, 5) is 19.7. The number of carbonyl (C=O) groups is 1. The lowest BCUT2D eigenvalue weighted by Crippen LogP contribution is -2.38. The first-order valence-electron chi connectivity index (χ1n) is 6.34. The normalized spacial score (nSPS) is 12.5. The van der Waals surface area contributed by atoms with Crippen LogP contribution in [0.25, 0.3) is 0 Å². The van der Waals surface area contributed by atoms with Crippen molar-refractivity contribution in [3.05, 3.63) is 54.0 Å². The van der Waals surface area contributed by atoms with Crippen LogP contribution >= 0.6 is 0 Å². The summed E-state index contributed by atoms with van der Waals surface area (Å²) in [6, 6.07) is 4.81. The van der Waals surface area contributed by atoms with Crippen molar-refractivity contribution in [2.75, 3.05) is 12.4 Å². The molecule has 0 unspecified atom stereocenters. The molecule has 0 aromatic carbocycles. The largest absolute Gasteiger partial charge is 0.414 e. The van der Waals surface area contributed by atoms with E-state index in [0.29, 0.717) is 0 Å². The number of aromatic nitrogens is 2. The number of hydrogen-bond acceptors (Lipinski definition) is 4. The molecule has 0 bridgehead atoms. The minimum Gasteiger partial charge on any atom is -0.372 e. The van der Waals surface area contributed by atoms with E-state index in [2.05, 4.69) is 15.3 Å². The predicted molar refractivity (Wildman–Crippen MR) is 74.3 cm³/mol. The van der Waals surface area contributed by atoms with Gasteiger partial charge in [0.2, 0.25) is 0 Å². The molecule has 0 aliphatic carbocycles. The molecule has 22 heavy (non-hydrogen) atoms. The van der Waals surface area contributed by atoms with Gasteiger partial charge in [0.05, 0.1) is 11.3 Å².